The summed E-state index contributed by atoms with van der Waals surface area (Å²) in [6.45, 7) is 0. The summed E-state index contributed by atoms with van der Waals surface area (Å²) < 4.78 is 17.8. The largest absolute Gasteiger partial charge is 2.00 e. The second-order valence-corrected chi connectivity index (χ2v) is 3.08. The van der Waals surface area contributed by atoms with Crippen LogP contribution in [0.2, 0.25) is 0 Å². The molecule has 0 bridgehead atoms. The quantitative estimate of drug-likeness (QED) is 0.115. The van der Waals surface area contributed by atoms with Crippen LogP contribution >= 0.6 is 15.6 Å². The van der Waals surface area contributed by atoms with Crippen LogP contribution in [0.15, 0.2) is 0 Å². The van der Waals surface area contributed by atoms with Crippen molar-refractivity contribution in [2.24, 2.45) is 0 Å². The van der Waals surface area contributed by atoms with Crippen molar-refractivity contribution in [2.75, 3.05) is 0 Å². The van der Waals surface area contributed by atoms with Crippen LogP contribution in [0.5, 0.6) is 0 Å². The van der Waals surface area contributed by atoms with Crippen LogP contribution < -0.4 is 0 Å². The molecule has 0 atom stereocenters. The molecule has 0 rings (SSSR count). The summed E-state index contributed by atoms with van der Waals surface area (Å²) in [6.07, 6.45) is 0. The molecule has 108 valence electrons. The van der Waals surface area contributed by atoms with Crippen molar-refractivity contribution in [1.82, 2.24) is 0 Å². The van der Waals surface area contributed by atoms with Crippen molar-refractivity contribution >= 4 is 431 Å². The summed E-state index contributed by atoms with van der Waals surface area (Å²) in [4.78, 5) is 43.1. The van der Waals surface area contributed by atoms with E-state index in [4.69, 9.17) is 38.5 Å². The molecule has 0 saturated heterocycles. The fraction of sp³-hybridized carbons (Fsp3) is 0. The molecule has 21 heteroatoms. The van der Waals surface area contributed by atoms with Crippen LogP contribution in [0, 0.1) is 0 Å². The number of phosphoric acid groups is 2. The van der Waals surface area contributed by atoms with Gasteiger partial charge in [0.05, 0.1) is 0 Å². The van der Waals surface area contributed by atoms with Gasteiger partial charge in [0.25, 0.3) is 0 Å². The van der Waals surface area contributed by atoms with Crippen molar-refractivity contribution in [1.29, 1.82) is 0 Å². The Labute approximate surface area is 485 Å². The van der Waals surface area contributed by atoms with Crippen LogP contribution in [-0.2, 0) is 9.13 Å². The second kappa shape index (κ2) is 54.8. The minimum Gasteiger partial charge on any atom is -1.00 e. The minimum absolute atomic E-state index is 0. The van der Waals surface area contributed by atoms with Gasteiger partial charge in [0, 0.05) is 0 Å². The van der Waals surface area contributed by atoms with E-state index >= 15 is 0 Å². The van der Waals surface area contributed by atoms with Crippen molar-refractivity contribution in [3.8, 4) is 0 Å². The van der Waals surface area contributed by atoms with Gasteiger partial charge in [0.2, 0.25) is 0 Å². The molecule has 0 unspecified atom stereocenters. The van der Waals surface area contributed by atoms with Crippen LogP contribution in [0.4, 0.5) is 0 Å². The first-order valence-corrected chi connectivity index (χ1v) is 4.70. The van der Waals surface area contributed by atoms with Crippen molar-refractivity contribution < 1.29 is 69.9 Å². The third-order valence-electron chi connectivity index (χ3n) is 0. The molecule has 0 aromatic heterocycles. The molecular formula is H28Ca11O8P2. The maximum Gasteiger partial charge on any atom is 2.00 e. The van der Waals surface area contributed by atoms with E-state index in [0.717, 1.165) is 0 Å². The van der Waals surface area contributed by atoms with E-state index in [2.05, 4.69) is 0 Å². The van der Waals surface area contributed by atoms with E-state index in [9.17, 15) is 0 Å². The zero-order chi connectivity index (χ0) is 9.00. The van der Waals surface area contributed by atoms with Gasteiger partial charge in [-0.1, -0.05) is 0 Å². The van der Waals surface area contributed by atoms with Crippen LogP contribution in [0.3, 0.4) is 0 Å². The normalized spacial score (nSPS) is 5.62. The summed E-state index contributed by atoms with van der Waals surface area (Å²) in [5.41, 5.74) is 0. The first kappa shape index (κ1) is 83.6. The van der Waals surface area contributed by atoms with Crippen LogP contribution in [-0.4, -0.2) is 444 Å². The molecule has 0 heterocycles. The molecule has 0 saturated carbocycles. The zero-order valence-electron chi connectivity index (χ0n) is 34.2. The van der Waals surface area contributed by atoms with Crippen LogP contribution in [0.25, 0.3) is 0 Å². The first-order chi connectivity index (χ1) is 4.00. The van der Waals surface area contributed by atoms with Gasteiger partial charge in [0.15, 0.2) is 0 Å². The summed E-state index contributed by atoms with van der Waals surface area (Å²) in [5, 5.41) is 0. The van der Waals surface area contributed by atoms with Crippen LogP contribution in [0.1, 0.15) is 31.4 Å². The van der Waals surface area contributed by atoms with Gasteiger partial charge < -0.3 is 60.7 Å². The Morgan fingerprint density at radius 1 is 0.381 bits per heavy atom. The monoisotopic (exact) mass is 658 g/mol. The molecule has 6 N–H and O–H groups in total. The zero-order valence-corrected chi connectivity index (χ0v) is 38.3. The van der Waals surface area contributed by atoms with Gasteiger partial charge >= 0.3 is 431 Å². The maximum absolute atomic E-state index is 8.88. The summed E-state index contributed by atoms with van der Waals surface area (Å²) in [5.74, 6) is 0. The number of hydrogen-bond acceptors (Lipinski definition) is 2. The van der Waals surface area contributed by atoms with Crippen molar-refractivity contribution in [2.45, 2.75) is 0 Å². The number of rotatable bonds is 0. The fourth-order valence-corrected chi connectivity index (χ4v) is 0. The SMILES string of the molecule is O=P(O)(O)O.O=P(O)(O)O.[Ca+2].[Ca+2].[Ca+2].[Ca+2].[Ca+2].[Ca+2].[Ca+2].[Ca+2].[Ca+2].[Ca+2].[Ca+2].[H-].[H-].[H-].[H-].[H-].[H-].[H-].[H-].[H-].[H-].[H-].[H-].[H-].[H-].[H-].[H-].[H-].[H-].[H-].[H-].[H-].[H-]. The van der Waals surface area contributed by atoms with Gasteiger partial charge in [-0.3, -0.25) is 0 Å². The average molecular weight is 659 g/mol. The third-order valence-corrected chi connectivity index (χ3v) is 0. The molecule has 0 aromatic rings. The molecule has 0 aliphatic rings. The topological polar surface area (TPSA) is 156 Å². The Hall–Kier alpha value is 14.1. The Balaban J connectivity index is -0.000000000510. The molecular weight excluding hydrogens is 631 g/mol. The predicted molar refractivity (Wildman–Crippen MR) is 116 cm³/mol. The molecule has 0 radical (unpaired) electrons. The van der Waals surface area contributed by atoms with E-state index in [1.165, 1.54) is 0 Å². The van der Waals surface area contributed by atoms with Gasteiger partial charge in [-0.05, 0) is 0 Å². The molecule has 0 aliphatic heterocycles. The molecule has 8 nitrogen and oxygen atoms in total. The third kappa shape index (κ3) is 177. The van der Waals surface area contributed by atoms with Gasteiger partial charge in [-0.2, -0.15) is 0 Å². The average Bonchev–Trinajstić information content (AvgIpc) is 1.12. The van der Waals surface area contributed by atoms with Crippen molar-refractivity contribution in [3.63, 3.8) is 0 Å². The molecule has 21 heavy (non-hydrogen) atoms. The second-order valence-electron chi connectivity index (χ2n) is 1.03. The molecule has 0 fully saturated rings. The summed E-state index contributed by atoms with van der Waals surface area (Å²) >= 11 is 0. The molecule has 0 aliphatic carbocycles. The standard InChI is InChI=1S/11Ca.2H3O4P.22H/c;;;;;;;;;;;2*1-5(2,3)4;;;;;;;;;;;;;;;;;;;;;;/h;;;;;;;;;;;2*(H3,1,2,3,4);;;;;;;;;;;;;;;;;;;;;;/q11*+2;;;22*-1. The molecule has 0 spiro atoms. The summed E-state index contributed by atoms with van der Waals surface area (Å²) in [6, 6.07) is 0. The first-order valence-electron chi connectivity index (χ1n) is 1.57. The Morgan fingerprint density at radius 2 is 0.381 bits per heavy atom. The minimum atomic E-state index is -4.64. The Kier molecular flexibility index (Phi) is 218. The predicted octanol–water partition coefficient (Wildman–Crippen LogP) is -3.57. The van der Waals surface area contributed by atoms with Crippen molar-refractivity contribution in [3.05, 3.63) is 0 Å². The smallest absolute Gasteiger partial charge is 1.00 e. The van der Waals surface area contributed by atoms with Gasteiger partial charge in [-0.15, -0.1) is 0 Å². The Bertz CT molecular complexity index is 184. The van der Waals surface area contributed by atoms with E-state index in [-0.39, 0.29) is 447 Å². The van der Waals surface area contributed by atoms with E-state index in [1.54, 1.807) is 0 Å². The molecule has 0 aromatic carbocycles. The summed E-state index contributed by atoms with van der Waals surface area (Å²) in [7, 11) is -9.28. The van der Waals surface area contributed by atoms with Gasteiger partial charge in [-0.25, -0.2) is 9.13 Å². The van der Waals surface area contributed by atoms with E-state index in [0.29, 0.717) is 0 Å². The molecule has 0 amide bonds. The fourth-order valence-electron chi connectivity index (χ4n) is 0. The number of hydrogen-bond donors (Lipinski definition) is 6. The Morgan fingerprint density at radius 3 is 0.381 bits per heavy atom. The maximum atomic E-state index is 8.88. The van der Waals surface area contributed by atoms with E-state index < -0.39 is 15.6 Å². The van der Waals surface area contributed by atoms with Gasteiger partial charge in [0.1, 0.15) is 0 Å². The van der Waals surface area contributed by atoms with E-state index in [1.807, 2.05) is 0 Å².